The van der Waals surface area contributed by atoms with Gasteiger partial charge in [0, 0.05) is 7.11 Å². The third-order valence-corrected chi connectivity index (χ3v) is 4.25. The topological polar surface area (TPSA) is 50.4 Å². The minimum Gasteiger partial charge on any atom is -0.372 e. The molecule has 0 aliphatic heterocycles. The molecule has 1 unspecified atom stereocenters. The molecule has 2 amide bonds. The Morgan fingerprint density at radius 3 is 2.39 bits per heavy atom. The summed E-state index contributed by atoms with van der Waals surface area (Å²) in [7, 11) is 1.66. The summed E-state index contributed by atoms with van der Waals surface area (Å²) in [5, 5.41) is 6.11. The first-order chi connectivity index (χ1) is 11.1. The van der Waals surface area contributed by atoms with Gasteiger partial charge in [0.1, 0.15) is 5.60 Å². The summed E-state index contributed by atoms with van der Waals surface area (Å²) in [6.07, 6.45) is 0.736. The van der Waals surface area contributed by atoms with Crippen LogP contribution in [0.1, 0.15) is 18.9 Å². The lowest BCUT2D eigenvalue weighted by Gasteiger charge is -2.32. The summed E-state index contributed by atoms with van der Waals surface area (Å²) >= 11 is 6.04. The number of rotatable bonds is 6. The van der Waals surface area contributed by atoms with Crippen molar-refractivity contribution >= 4 is 23.3 Å². The summed E-state index contributed by atoms with van der Waals surface area (Å²) in [6, 6.07) is 16.7. The molecular weight excluding hydrogens is 312 g/mol. The second-order valence-electron chi connectivity index (χ2n) is 5.21. The third-order valence-electron chi connectivity index (χ3n) is 3.92. The average Bonchev–Trinajstić information content (AvgIpc) is 2.59. The first-order valence-corrected chi connectivity index (χ1v) is 7.89. The fourth-order valence-electron chi connectivity index (χ4n) is 2.46. The molecule has 2 rings (SSSR count). The molecule has 23 heavy (non-hydrogen) atoms. The van der Waals surface area contributed by atoms with Gasteiger partial charge in [-0.1, -0.05) is 61.0 Å². The highest BCUT2D eigenvalue weighted by atomic mass is 35.5. The molecule has 4 nitrogen and oxygen atoms in total. The molecule has 0 aliphatic rings. The predicted octanol–water partition coefficient (Wildman–Crippen LogP) is 4.41. The zero-order chi connectivity index (χ0) is 16.7. The molecule has 0 fully saturated rings. The van der Waals surface area contributed by atoms with Crippen molar-refractivity contribution in [2.24, 2.45) is 0 Å². The Bertz CT molecular complexity index is 642. The van der Waals surface area contributed by atoms with Crippen molar-refractivity contribution in [1.82, 2.24) is 5.32 Å². The first kappa shape index (κ1) is 17.3. The maximum atomic E-state index is 12.1. The van der Waals surface area contributed by atoms with Gasteiger partial charge in [-0.05, 0) is 24.1 Å². The Kier molecular flexibility index (Phi) is 6.02. The highest BCUT2D eigenvalue weighted by molar-refractivity contribution is 6.33. The van der Waals surface area contributed by atoms with E-state index >= 15 is 0 Å². The van der Waals surface area contributed by atoms with Crippen LogP contribution in [0.15, 0.2) is 54.6 Å². The highest BCUT2D eigenvalue weighted by Crippen LogP contribution is 2.28. The van der Waals surface area contributed by atoms with E-state index in [0.717, 1.165) is 12.0 Å². The number of amides is 2. The van der Waals surface area contributed by atoms with Crippen LogP contribution in [-0.2, 0) is 10.3 Å². The smallest absolute Gasteiger partial charge is 0.319 e. The molecule has 0 saturated heterocycles. The normalized spacial score (nSPS) is 13.2. The molecule has 0 spiro atoms. The summed E-state index contributed by atoms with van der Waals surface area (Å²) in [6.45, 7) is 2.39. The third kappa shape index (κ3) is 4.24. The van der Waals surface area contributed by atoms with Crippen LogP contribution in [0.4, 0.5) is 10.5 Å². The summed E-state index contributed by atoms with van der Waals surface area (Å²) in [5.41, 5.74) is 1.05. The van der Waals surface area contributed by atoms with Crippen LogP contribution in [0.5, 0.6) is 0 Å². The van der Waals surface area contributed by atoms with Crippen LogP contribution in [0.25, 0.3) is 0 Å². The van der Waals surface area contributed by atoms with Gasteiger partial charge in [-0.15, -0.1) is 0 Å². The first-order valence-electron chi connectivity index (χ1n) is 7.51. The van der Waals surface area contributed by atoms with E-state index in [1.807, 2.05) is 49.4 Å². The Labute approximate surface area is 141 Å². The number of methoxy groups -OCH3 is 1. The van der Waals surface area contributed by atoms with Gasteiger partial charge < -0.3 is 15.4 Å². The Balaban J connectivity index is 2.05. The van der Waals surface area contributed by atoms with Crippen molar-refractivity contribution < 1.29 is 9.53 Å². The number of anilines is 1. The Hall–Kier alpha value is -2.04. The van der Waals surface area contributed by atoms with Gasteiger partial charge in [0.2, 0.25) is 0 Å². The lowest BCUT2D eigenvalue weighted by atomic mass is 9.91. The highest BCUT2D eigenvalue weighted by Gasteiger charge is 2.30. The number of ether oxygens (including phenoxy) is 1. The van der Waals surface area contributed by atoms with Gasteiger partial charge in [-0.2, -0.15) is 0 Å². The van der Waals surface area contributed by atoms with Crippen LogP contribution in [-0.4, -0.2) is 19.7 Å². The maximum Gasteiger partial charge on any atom is 0.319 e. The van der Waals surface area contributed by atoms with Gasteiger partial charge in [-0.25, -0.2) is 4.79 Å². The van der Waals surface area contributed by atoms with E-state index in [1.165, 1.54) is 0 Å². The molecule has 0 aliphatic carbocycles. The fraction of sp³-hybridized carbons (Fsp3) is 0.278. The molecule has 0 aromatic heterocycles. The standard InChI is InChI=1S/C18H21ClN2O2/c1-3-18(23-2,14-9-5-4-6-10-14)13-20-17(22)21-16-12-8-7-11-15(16)19/h4-12H,3,13H2,1-2H3,(H2,20,21,22). The van der Waals surface area contributed by atoms with Gasteiger partial charge in [0.05, 0.1) is 17.3 Å². The summed E-state index contributed by atoms with van der Waals surface area (Å²) in [4.78, 5) is 12.1. The molecular formula is C18H21ClN2O2. The molecule has 2 aromatic rings. The van der Waals surface area contributed by atoms with Crippen LogP contribution in [0, 0.1) is 0 Å². The van der Waals surface area contributed by atoms with Crippen molar-refractivity contribution in [3.63, 3.8) is 0 Å². The van der Waals surface area contributed by atoms with Crippen LogP contribution in [0.2, 0.25) is 5.02 Å². The lowest BCUT2D eigenvalue weighted by Crippen LogP contribution is -2.43. The van der Waals surface area contributed by atoms with E-state index in [-0.39, 0.29) is 6.03 Å². The number of hydrogen-bond donors (Lipinski definition) is 2. The number of hydrogen-bond acceptors (Lipinski definition) is 2. The monoisotopic (exact) mass is 332 g/mol. The SMILES string of the molecule is CCC(CNC(=O)Nc1ccccc1Cl)(OC)c1ccccc1. The van der Waals surface area contributed by atoms with E-state index in [2.05, 4.69) is 10.6 Å². The van der Waals surface area contributed by atoms with Gasteiger partial charge in [0.25, 0.3) is 0 Å². The molecule has 5 heteroatoms. The number of carbonyl (C=O) groups excluding carboxylic acids is 1. The van der Waals surface area contributed by atoms with Gasteiger partial charge in [0.15, 0.2) is 0 Å². The minimum atomic E-state index is -0.556. The molecule has 122 valence electrons. The fourth-order valence-corrected chi connectivity index (χ4v) is 2.64. The van der Waals surface area contributed by atoms with Crippen molar-refractivity contribution in [3.05, 3.63) is 65.2 Å². The zero-order valence-electron chi connectivity index (χ0n) is 13.3. The Morgan fingerprint density at radius 2 is 1.78 bits per heavy atom. The van der Waals surface area contributed by atoms with Crippen LogP contribution < -0.4 is 10.6 Å². The Morgan fingerprint density at radius 1 is 1.13 bits per heavy atom. The van der Waals surface area contributed by atoms with Crippen LogP contribution >= 0.6 is 11.6 Å². The molecule has 0 radical (unpaired) electrons. The van der Waals surface area contributed by atoms with E-state index < -0.39 is 5.60 Å². The largest absolute Gasteiger partial charge is 0.372 e. The van der Waals surface area contributed by atoms with E-state index in [4.69, 9.17) is 16.3 Å². The molecule has 2 aromatic carbocycles. The quantitative estimate of drug-likeness (QED) is 0.823. The second-order valence-corrected chi connectivity index (χ2v) is 5.61. The molecule has 1 atom stereocenters. The molecule has 0 heterocycles. The van der Waals surface area contributed by atoms with Crippen LogP contribution in [0.3, 0.4) is 0 Å². The predicted molar refractivity (Wildman–Crippen MR) is 93.9 cm³/mol. The van der Waals surface area contributed by atoms with Gasteiger partial charge in [-0.3, -0.25) is 0 Å². The molecule has 0 bridgehead atoms. The number of carbonyl (C=O) groups is 1. The van der Waals surface area contributed by atoms with E-state index in [1.54, 1.807) is 19.2 Å². The van der Waals surface area contributed by atoms with Gasteiger partial charge >= 0.3 is 6.03 Å². The number of para-hydroxylation sites is 1. The summed E-state index contributed by atoms with van der Waals surface area (Å²) in [5.74, 6) is 0. The average molecular weight is 333 g/mol. The number of nitrogens with one attached hydrogen (secondary N) is 2. The maximum absolute atomic E-state index is 12.1. The number of benzene rings is 2. The zero-order valence-corrected chi connectivity index (χ0v) is 14.1. The van der Waals surface area contributed by atoms with E-state index in [0.29, 0.717) is 17.3 Å². The van der Waals surface area contributed by atoms with Crippen molar-refractivity contribution in [1.29, 1.82) is 0 Å². The lowest BCUT2D eigenvalue weighted by molar-refractivity contribution is -0.0149. The molecule has 0 saturated carbocycles. The number of halogens is 1. The van der Waals surface area contributed by atoms with Crippen molar-refractivity contribution in [2.45, 2.75) is 18.9 Å². The van der Waals surface area contributed by atoms with Crippen molar-refractivity contribution in [3.8, 4) is 0 Å². The molecule has 2 N–H and O–H groups in total. The minimum absolute atomic E-state index is 0.316. The van der Waals surface area contributed by atoms with E-state index in [9.17, 15) is 4.79 Å². The summed E-state index contributed by atoms with van der Waals surface area (Å²) < 4.78 is 5.73. The number of urea groups is 1. The van der Waals surface area contributed by atoms with Crippen molar-refractivity contribution in [2.75, 3.05) is 19.0 Å². The second kappa shape index (κ2) is 7.99.